The van der Waals surface area contributed by atoms with E-state index in [4.69, 9.17) is 4.98 Å². The minimum atomic E-state index is 0.0110. The van der Waals surface area contributed by atoms with E-state index in [1.54, 1.807) is 6.20 Å². The average molecular weight is 323 g/mol. The summed E-state index contributed by atoms with van der Waals surface area (Å²) in [6.07, 6.45) is 5.82. The molecule has 0 unspecified atom stereocenters. The van der Waals surface area contributed by atoms with Gasteiger partial charge in [0.15, 0.2) is 0 Å². The van der Waals surface area contributed by atoms with Crippen LogP contribution in [0.15, 0.2) is 36.7 Å². The molecule has 0 spiro atoms. The number of nitrogens with one attached hydrogen (secondary N) is 3. The second-order valence-corrected chi connectivity index (χ2v) is 6.17. The van der Waals surface area contributed by atoms with Crippen molar-refractivity contribution in [3.8, 4) is 11.3 Å². The summed E-state index contributed by atoms with van der Waals surface area (Å²) in [5.41, 5.74) is 3.57. The van der Waals surface area contributed by atoms with Gasteiger partial charge in [-0.2, -0.15) is 0 Å². The molecule has 1 fully saturated rings. The first-order valence-corrected chi connectivity index (χ1v) is 8.35. The third-order valence-corrected chi connectivity index (χ3v) is 4.50. The second-order valence-electron chi connectivity index (χ2n) is 6.17. The molecule has 6 nitrogen and oxygen atoms in total. The Kier molecular flexibility index (Phi) is 4.15. The van der Waals surface area contributed by atoms with Crippen LogP contribution in [-0.2, 0) is 6.61 Å². The number of H-pyrrole nitrogens is 1. The van der Waals surface area contributed by atoms with Gasteiger partial charge in [0.25, 0.3) is 0 Å². The number of aliphatic hydroxyl groups is 1. The maximum absolute atomic E-state index is 9.39. The fourth-order valence-electron chi connectivity index (χ4n) is 3.22. The molecule has 0 aliphatic carbocycles. The van der Waals surface area contributed by atoms with Crippen molar-refractivity contribution in [2.24, 2.45) is 0 Å². The van der Waals surface area contributed by atoms with Crippen LogP contribution in [0.1, 0.15) is 18.4 Å². The molecule has 0 radical (unpaired) electrons. The number of hydrogen-bond donors (Lipinski definition) is 4. The third kappa shape index (κ3) is 2.98. The van der Waals surface area contributed by atoms with Crippen molar-refractivity contribution in [2.45, 2.75) is 25.5 Å². The number of piperidine rings is 1. The van der Waals surface area contributed by atoms with E-state index in [1.807, 2.05) is 24.4 Å². The van der Waals surface area contributed by atoms with E-state index >= 15 is 0 Å². The van der Waals surface area contributed by atoms with Crippen LogP contribution in [0.2, 0.25) is 0 Å². The van der Waals surface area contributed by atoms with Gasteiger partial charge < -0.3 is 20.7 Å². The number of aliphatic hydroxyl groups excluding tert-OH is 1. The molecular weight excluding hydrogens is 302 g/mol. The Bertz CT molecular complexity index is 838. The Balaban J connectivity index is 1.74. The molecule has 1 saturated heterocycles. The van der Waals surface area contributed by atoms with E-state index in [0.29, 0.717) is 6.04 Å². The molecule has 0 aromatic carbocycles. The standard InChI is InChI=1S/C18H21N5O/c24-11-12-1-7-20-16(9-12)15-10-17(22-13-2-5-19-6-3-13)23-18-14(15)4-8-21-18/h1,4,7-10,13,19,24H,2-3,5-6,11H2,(H2,21,22,23). The van der Waals surface area contributed by atoms with Crippen molar-refractivity contribution in [2.75, 3.05) is 18.4 Å². The molecule has 4 heterocycles. The highest BCUT2D eigenvalue weighted by molar-refractivity contribution is 5.93. The van der Waals surface area contributed by atoms with Gasteiger partial charge in [0.1, 0.15) is 11.5 Å². The highest BCUT2D eigenvalue weighted by Gasteiger charge is 2.15. The summed E-state index contributed by atoms with van der Waals surface area (Å²) in [5, 5.41) is 17.4. The van der Waals surface area contributed by atoms with Gasteiger partial charge >= 0.3 is 0 Å². The quantitative estimate of drug-likeness (QED) is 0.592. The Labute approximate surface area is 140 Å². The normalized spacial score (nSPS) is 15.7. The minimum absolute atomic E-state index is 0.0110. The summed E-state index contributed by atoms with van der Waals surface area (Å²) in [6, 6.07) is 8.26. The minimum Gasteiger partial charge on any atom is -0.392 e. The van der Waals surface area contributed by atoms with Gasteiger partial charge in [0.05, 0.1) is 12.3 Å². The molecule has 124 valence electrons. The van der Waals surface area contributed by atoms with Crippen LogP contribution in [0.3, 0.4) is 0 Å². The van der Waals surface area contributed by atoms with Gasteiger partial charge in [0.2, 0.25) is 0 Å². The van der Waals surface area contributed by atoms with Crippen molar-refractivity contribution in [1.82, 2.24) is 20.3 Å². The van der Waals surface area contributed by atoms with E-state index in [9.17, 15) is 5.11 Å². The lowest BCUT2D eigenvalue weighted by Crippen LogP contribution is -2.35. The zero-order valence-electron chi connectivity index (χ0n) is 13.4. The molecule has 1 aliphatic heterocycles. The van der Waals surface area contributed by atoms with Crippen LogP contribution < -0.4 is 10.6 Å². The number of fused-ring (bicyclic) bond motifs is 1. The lowest BCUT2D eigenvalue weighted by molar-refractivity contribution is 0.282. The Morgan fingerprint density at radius 3 is 2.92 bits per heavy atom. The fraction of sp³-hybridized carbons (Fsp3) is 0.333. The monoisotopic (exact) mass is 323 g/mol. The van der Waals surface area contributed by atoms with Crippen molar-refractivity contribution in [3.63, 3.8) is 0 Å². The van der Waals surface area contributed by atoms with Crippen LogP contribution >= 0.6 is 0 Å². The molecule has 0 amide bonds. The first-order valence-electron chi connectivity index (χ1n) is 8.35. The molecule has 3 aromatic rings. The number of nitrogens with zero attached hydrogens (tertiary/aromatic N) is 2. The molecule has 0 atom stereocenters. The van der Waals surface area contributed by atoms with Gasteiger partial charge in [-0.15, -0.1) is 0 Å². The number of aromatic nitrogens is 3. The topological polar surface area (TPSA) is 85.9 Å². The SMILES string of the molecule is OCc1ccnc(-c2cc(NC3CCNCC3)nc3[nH]ccc23)c1. The average Bonchev–Trinajstić information content (AvgIpc) is 3.10. The molecule has 4 N–H and O–H groups in total. The number of pyridine rings is 2. The molecule has 0 saturated carbocycles. The Morgan fingerprint density at radius 2 is 2.08 bits per heavy atom. The summed E-state index contributed by atoms with van der Waals surface area (Å²) in [4.78, 5) is 12.4. The van der Waals surface area contributed by atoms with E-state index in [0.717, 1.165) is 59.6 Å². The third-order valence-electron chi connectivity index (χ3n) is 4.50. The predicted octanol–water partition coefficient (Wildman–Crippen LogP) is 2.28. The van der Waals surface area contributed by atoms with Crippen LogP contribution in [0.4, 0.5) is 5.82 Å². The van der Waals surface area contributed by atoms with Gasteiger partial charge in [0, 0.05) is 29.4 Å². The van der Waals surface area contributed by atoms with Crippen LogP contribution in [0.25, 0.3) is 22.3 Å². The van der Waals surface area contributed by atoms with Crippen LogP contribution in [-0.4, -0.2) is 39.2 Å². The highest BCUT2D eigenvalue weighted by atomic mass is 16.3. The van der Waals surface area contributed by atoms with E-state index in [-0.39, 0.29) is 6.61 Å². The number of anilines is 1. The van der Waals surface area contributed by atoms with Gasteiger partial charge in [-0.05, 0) is 55.8 Å². The molecule has 4 rings (SSSR count). The first-order chi connectivity index (χ1) is 11.8. The zero-order chi connectivity index (χ0) is 16.4. The maximum Gasteiger partial charge on any atom is 0.140 e. The van der Waals surface area contributed by atoms with Crippen LogP contribution in [0.5, 0.6) is 0 Å². The van der Waals surface area contributed by atoms with E-state index < -0.39 is 0 Å². The first kappa shape index (κ1) is 15.1. The number of hydrogen-bond acceptors (Lipinski definition) is 5. The van der Waals surface area contributed by atoms with Gasteiger partial charge in [-0.3, -0.25) is 4.98 Å². The number of rotatable bonds is 4. The summed E-state index contributed by atoms with van der Waals surface area (Å²) < 4.78 is 0. The summed E-state index contributed by atoms with van der Waals surface area (Å²) in [7, 11) is 0. The molecule has 24 heavy (non-hydrogen) atoms. The smallest absolute Gasteiger partial charge is 0.140 e. The second kappa shape index (κ2) is 6.59. The zero-order valence-corrected chi connectivity index (χ0v) is 13.4. The Morgan fingerprint density at radius 1 is 1.21 bits per heavy atom. The molecular formula is C18H21N5O. The van der Waals surface area contributed by atoms with Crippen LogP contribution in [0, 0.1) is 0 Å². The van der Waals surface area contributed by atoms with Crippen molar-refractivity contribution < 1.29 is 5.11 Å². The van der Waals surface area contributed by atoms with E-state index in [2.05, 4.69) is 26.7 Å². The molecule has 1 aliphatic rings. The molecule has 6 heteroatoms. The lowest BCUT2D eigenvalue weighted by atomic mass is 10.1. The van der Waals surface area contributed by atoms with Crippen molar-refractivity contribution in [1.29, 1.82) is 0 Å². The lowest BCUT2D eigenvalue weighted by Gasteiger charge is -2.24. The summed E-state index contributed by atoms with van der Waals surface area (Å²) in [6.45, 7) is 2.09. The maximum atomic E-state index is 9.39. The van der Waals surface area contributed by atoms with Crippen molar-refractivity contribution >= 4 is 16.9 Å². The largest absolute Gasteiger partial charge is 0.392 e. The van der Waals surface area contributed by atoms with Crippen molar-refractivity contribution in [3.05, 3.63) is 42.2 Å². The van der Waals surface area contributed by atoms with E-state index in [1.165, 1.54) is 0 Å². The molecule has 0 bridgehead atoms. The predicted molar refractivity (Wildman–Crippen MR) is 94.8 cm³/mol. The Hall–Kier alpha value is -2.44. The summed E-state index contributed by atoms with van der Waals surface area (Å²) >= 11 is 0. The summed E-state index contributed by atoms with van der Waals surface area (Å²) in [5.74, 6) is 0.864. The fourth-order valence-corrected chi connectivity index (χ4v) is 3.22. The molecule has 3 aromatic heterocycles. The van der Waals surface area contributed by atoms with Gasteiger partial charge in [-0.25, -0.2) is 4.98 Å². The highest BCUT2D eigenvalue weighted by Crippen LogP contribution is 2.29. The number of aromatic amines is 1. The van der Waals surface area contributed by atoms with Gasteiger partial charge in [-0.1, -0.05) is 0 Å².